The Morgan fingerprint density at radius 3 is 2.73 bits per heavy atom. The lowest BCUT2D eigenvalue weighted by Gasteiger charge is -2.34. The Labute approximate surface area is 127 Å². The summed E-state index contributed by atoms with van der Waals surface area (Å²) in [5.74, 6) is -1.73. The van der Waals surface area contributed by atoms with Crippen LogP contribution in [0.4, 0.5) is 4.39 Å². The molecule has 0 spiro atoms. The minimum Gasteiger partial charge on any atom is -0.477 e. The van der Waals surface area contributed by atoms with Crippen LogP contribution in [0.5, 0.6) is 0 Å². The van der Waals surface area contributed by atoms with Crippen molar-refractivity contribution in [2.24, 2.45) is 5.92 Å². The van der Waals surface area contributed by atoms with Crippen LogP contribution in [0, 0.1) is 5.92 Å². The van der Waals surface area contributed by atoms with Gasteiger partial charge in [-0.2, -0.15) is 0 Å². The molecule has 6 nitrogen and oxygen atoms in total. The number of halogens is 1. The van der Waals surface area contributed by atoms with Gasteiger partial charge in [0.1, 0.15) is 17.8 Å². The standard InChI is InChI=1S/C15H20FNO5/c1-8-11(16)6-9-12(14(8)22-3)17(4-5-21-2)7-10(13(9)18)15(19)20/h7-8,11,14H,4-6H2,1-3H3,(H,19,20). The number of aromatic nitrogens is 1. The van der Waals surface area contributed by atoms with Gasteiger partial charge >= 0.3 is 5.97 Å². The maximum Gasteiger partial charge on any atom is 0.341 e. The van der Waals surface area contributed by atoms with Gasteiger partial charge in [0, 0.05) is 44.9 Å². The van der Waals surface area contributed by atoms with Gasteiger partial charge < -0.3 is 19.1 Å². The second-order valence-corrected chi connectivity index (χ2v) is 5.46. The van der Waals surface area contributed by atoms with Crippen molar-refractivity contribution in [3.63, 3.8) is 0 Å². The summed E-state index contributed by atoms with van der Waals surface area (Å²) < 4.78 is 26.2. The van der Waals surface area contributed by atoms with Crippen LogP contribution >= 0.6 is 0 Å². The molecule has 0 amide bonds. The number of carbonyl (C=O) groups is 1. The Bertz CT molecular complexity index is 627. The Hall–Kier alpha value is -1.73. The highest BCUT2D eigenvalue weighted by atomic mass is 19.1. The maximum atomic E-state index is 14.2. The lowest BCUT2D eigenvalue weighted by molar-refractivity contribution is 0.00543. The molecule has 0 radical (unpaired) electrons. The number of methoxy groups -OCH3 is 2. The molecule has 2 rings (SSSR count). The fourth-order valence-electron chi connectivity index (χ4n) is 2.94. The predicted molar refractivity (Wildman–Crippen MR) is 77.1 cm³/mol. The molecule has 122 valence electrons. The van der Waals surface area contributed by atoms with E-state index in [2.05, 4.69) is 0 Å². The fraction of sp³-hybridized carbons (Fsp3) is 0.600. The lowest BCUT2D eigenvalue weighted by Crippen LogP contribution is -2.38. The van der Waals surface area contributed by atoms with Gasteiger partial charge in [-0.15, -0.1) is 0 Å². The van der Waals surface area contributed by atoms with Crippen molar-refractivity contribution in [2.75, 3.05) is 20.8 Å². The first kappa shape index (κ1) is 16.6. The highest BCUT2D eigenvalue weighted by Crippen LogP contribution is 2.37. The summed E-state index contributed by atoms with van der Waals surface area (Å²) in [4.78, 5) is 23.6. The highest BCUT2D eigenvalue weighted by molar-refractivity contribution is 5.87. The van der Waals surface area contributed by atoms with Crippen LogP contribution in [0.1, 0.15) is 34.6 Å². The van der Waals surface area contributed by atoms with Crippen LogP contribution in [0.3, 0.4) is 0 Å². The molecule has 1 aliphatic rings. The fourth-order valence-corrected chi connectivity index (χ4v) is 2.94. The van der Waals surface area contributed by atoms with Gasteiger partial charge in [-0.25, -0.2) is 9.18 Å². The number of alkyl halides is 1. The van der Waals surface area contributed by atoms with Crippen LogP contribution in [0.25, 0.3) is 0 Å². The normalized spacial score (nSPS) is 24.1. The number of nitrogens with zero attached hydrogens (tertiary/aromatic N) is 1. The maximum absolute atomic E-state index is 14.2. The number of aromatic carboxylic acids is 1. The van der Waals surface area contributed by atoms with E-state index in [1.165, 1.54) is 20.4 Å². The van der Waals surface area contributed by atoms with Crippen LogP contribution in [0.2, 0.25) is 0 Å². The van der Waals surface area contributed by atoms with Crippen molar-refractivity contribution in [2.45, 2.75) is 32.2 Å². The van der Waals surface area contributed by atoms with Crippen LogP contribution < -0.4 is 5.43 Å². The van der Waals surface area contributed by atoms with Crippen LogP contribution in [-0.4, -0.2) is 42.6 Å². The van der Waals surface area contributed by atoms with E-state index in [-0.39, 0.29) is 17.5 Å². The lowest BCUT2D eigenvalue weighted by atomic mass is 9.83. The average molecular weight is 313 g/mol. The summed E-state index contributed by atoms with van der Waals surface area (Å²) in [6, 6.07) is 0. The van der Waals surface area contributed by atoms with E-state index in [0.717, 1.165) is 0 Å². The minimum atomic E-state index is -1.32. The van der Waals surface area contributed by atoms with Gasteiger partial charge in [-0.1, -0.05) is 6.92 Å². The van der Waals surface area contributed by atoms with Crippen LogP contribution in [-0.2, 0) is 22.4 Å². The van der Waals surface area contributed by atoms with Gasteiger partial charge in [0.2, 0.25) is 0 Å². The van der Waals surface area contributed by atoms with Crippen molar-refractivity contribution in [1.82, 2.24) is 4.57 Å². The third-order valence-electron chi connectivity index (χ3n) is 4.16. The van der Waals surface area contributed by atoms with Gasteiger partial charge in [0.05, 0.1) is 12.3 Å². The number of carboxylic acids is 1. The third-order valence-corrected chi connectivity index (χ3v) is 4.16. The summed E-state index contributed by atoms with van der Waals surface area (Å²) in [5, 5.41) is 9.19. The van der Waals surface area contributed by atoms with Gasteiger partial charge in [0.15, 0.2) is 5.43 Å². The van der Waals surface area contributed by atoms with Crippen LogP contribution in [0.15, 0.2) is 11.0 Å². The van der Waals surface area contributed by atoms with E-state index in [9.17, 15) is 19.1 Å². The molecule has 0 fully saturated rings. The van der Waals surface area contributed by atoms with Crippen molar-refractivity contribution >= 4 is 5.97 Å². The topological polar surface area (TPSA) is 77.8 Å². The SMILES string of the molecule is COCCn1cc(C(=O)O)c(=O)c2c1C(OC)C(C)C(F)C2. The number of hydrogen-bond acceptors (Lipinski definition) is 4. The molecule has 22 heavy (non-hydrogen) atoms. The van der Waals surface area contributed by atoms with Crippen molar-refractivity contribution in [1.29, 1.82) is 0 Å². The van der Waals surface area contributed by atoms with Gasteiger partial charge in [-0.05, 0) is 0 Å². The quantitative estimate of drug-likeness (QED) is 0.889. The van der Waals surface area contributed by atoms with Crippen molar-refractivity contribution in [3.05, 3.63) is 33.2 Å². The zero-order valence-corrected chi connectivity index (χ0v) is 12.8. The second-order valence-electron chi connectivity index (χ2n) is 5.46. The molecule has 0 aromatic carbocycles. The Morgan fingerprint density at radius 2 is 2.18 bits per heavy atom. The molecular formula is C15H20FNO5. The Balaban J connectivity index is 2.68. The number of carboxylic acid groups (broad SMARTS) is 1. The first-order valence-electron chi connectivity index (χ1n) is 7.07. The zero-order valence-electron chi connectivity index (χ0n) is 12.8. The molecule has 0 saturated heterocycles. The number of hydrogen-bond donors (Lipinski definition) is 1. The Morgan fingerprint density at radius 1 is 1.50 bits per heavy atom. The van der Waals surface area contributed by atoms with E-state index in [1.807, 2.05) is 0 Å². The smallest absolute Gasteiger partial charge is 0.341 e. The number of pyridine rings is 1. The molecule has 1 aromatic heterocycles. The summed E-state index contributed by atoms with van der Waals surface area (Å²) in [6.07, 6.45) is -0.639. The molecule has 0 bridgehead atoms. The molecule has 0 saturated carbocycles. The van der Waals surface area contributed by atoms with E-state index >= 15 is 0 Å². The molecule has 1 aliphatic carbocycles. The van der Waals surface area contributed by atoms with Gasteiger partial charge in [0.25, 0.3) is 0 Å². The average Bonchev–Trinajstić information content (AvgIpc) is 2.48. The van der Waals surface area contributed by atoms with Gasteiger partial charge in [-0.3, -0.25) is 4.79 Å². The van der Waals surface area contributed by atoms with Crippen molar-refractivity contribution in [3.8, 4) is 0 Å². The Kier molecular flexibility index (Phi) is 4.97. The third kappa shape index (κ3) is 2.78. The largest absolute Gasteiger partial charge is 0.477 e. The molecule has 1 aromatic rings. The molecule has 1 N–H and O–H groups in total. The highest BCUT2D eigenvalue weighted by Gasteiger charge is 2.38. The second kappa shape index (κ2) is 6.58. The first-order valence-corrected chi connectivity index (χ1v) is 7.07. The molecular weight excluding hydrogens is 293 g/mol. The van der Waals surface area contributed by atoms with Crippen molar-refractivity contribution < 1.29 is 23.8 Å². The van der Waals surface area contributed by atoms with E-state index < -0.39 is 29.6 Å². The zero-order chi connectivity index (χ0) is 16.4. The molecule has 3 unspecified atom stereocenters. The molecule has 0 aliphatic heterocycles. The summed E-state index contributed by atoms with van der Waals surface area (Å²) in [7, 11) is 2.99. The number of ether oxygens (including phenoxy) is 2. The van der Waals surface area contributed by atoms with E-state index in [0.29, 0.717) is 18.8 Å². The first-order chi connectivity index (χ1) is 10.4. The minimum absolute atomic E-state index is 0.0940. The molecule has 1 heterocycles. The molecule has 7 heteroatoms. The van der Waals surface area contributed by atoms with E-state index in [4.69, 9.17) is 9.47 Å². The summed E-state index contributed by atoms with van der Waals surface area (Å²) >= 11 is 0. The molecule has 3 atom stereocenters. The van der Waals surface area contributed by atoms with E-state index in [1.54, 1.807) is 11.5 Å². The predicted octanol–water partition coefficient (Wildman–Crippen LogP) is 1.41. The summed E-state index contributed by atoms with van der Waals surface area (Å²) in [6.45, 7) is 2.43. The summed E-state index contributed by atoms with van der Waals surface area (Å²) in [5.41, 5.74) is -0.247. The monoisotopic (exact) mass is 313 g/mol. The number of fused-ring (bicyclic) bond motifs is 1. The number of rotatable bonds is 5.